The third-order valence-corrected chi connectivity index (χ3v) is 5.57. The van der Waals surface area contributed by atoms with Gasteiger partial charge < -0.3 is 5.32 Å². The summed E-state index contributed by atoms with van der Waals surface area (Å²) in [6.45, 7) is 12.1. The summed E-state index contributed by atoms with van der Waals surface area (Å²) in [5.41, 5.74) is 4.45. The quantitative estimate of drug-likeness (QED) is 0.579. The van der Waals surface area contributed by atoms with E-state index in [-0.39, 0.29) is 5.91 Å². The maximum Gasteiger partial charge on any atom is 0.251 e. The molecule has 0 radical (unpaired) electrons. The molecule has 1 saturated carbocycles. The molecule has 1 aromatic carbocycles. The minimum Gasteiger partial charge on any atom is -0.349 e. The largest absolute Gasteiger partial charge is 0.349 e. The van der Waals surface area contributed by atoms with Crippen LogP contribution < -0.4 is 5.32 Å². The Morgan fingerprint density at radius 1 is 1.39 bits per heavy atom. The van der Waals surface area contributed by atoms with Gasteiger partial charge in [0.05, 0.1) is 11.4 Å². The molecule has 1 heterocycles. The van der Waals surface area contributed by atoms with Gasteiger partial charge in [-0.2, -0.15) is 5.10 Å². The van der Waals surface area contributed by atoms with Gasteiger partial charge in [0.1, 0.15) is 4.62 Å². The number of aryl methyl sites for hydroxylation is 1. The number of carbonyl (C=O) groups excluding carboxylic acids is 1. The minimum absolute atomic E-state index is 0.00864. The maximum atomic E-state index is 12.4. The summed E-state index contributed by atoms with van der Waals surface area (Å²) >= 11 is 5.11. The third-order valence-electron chi connectivity index (χ3n) is 4.39. The van der Waals surface area contributed by atoms with Crippen molar-refractivity contribution in [2.24, 2.45) is 5.10 Å². The van der Waals surface area contributed by atoms with E-state index in [1.807, 2.05) is 69.3 Å². The number of benzene rings is 1. The van der Waals surface area contributed by atoms with Crippen molar-refractivity contribution in [2.45, 2.75) is 46.6 Å². The Bertz CT molecular complexity index is 853. The molecular formula is C22H28BrN3OS. The Kier molecular flexibility index (Phi) is 8.13. The summed E-state index contributed by atoms with van der Waals surface area (Å²) in [5, 5.41) is 9.46. The Hall–Kier alpha value is -1.79. The van der Waals surface area contributed by atoms with Gasteiger partial charge in [0.15, 0.2) is 0 Å². The topological polar surface area (TPSA) is 44.7 Å². The standard InChI is InChI=1S/C20H22BrN3OS.C2H6/c1-5-17(24-13(3)18(26-4)11-19(21)23-24)14-6-9-16(12(2)10-14)20(25)22-15-7-8-15;1-2/h5-6,9-11,15H,3,7-8H2,1-2,4H3,(H,22,25);1-2H3/b17-5-;. The molecule has 1 fully saturated rings. The number of hydrogen-bond acceptors (Lipinski definition) is 4. The Morgan fingerprint density at radius 3 is 2.61 bits per heavy atom. The summed E-state index contributed by atoms with van der Waals surface area (Å²) < 4.78 is 0.755. The second kappa shape index (κ2) is 10.1. The number of hydrogen-bond donors (Lipinski definition) is 1. The van der Waals surface area contributed by atoms with E-state index >= 15 is 0 Å². The highest BCUT2D eigenvalue weighted by atomic mass is 79.9. The van der Waals surface area contributed by atoms with Crippen molar-refractivity contribution < 1.29 is 4.79 Å². The first-order valence-corrected chi connectivity index (χ1v) is 11.5. The molecule has 0 saturated heterocycles. The molecule has 1 N–H and O–H groups in total. The molecule has 6 heteroatoms. The number of nitrogens with zero attached hydrogens (tertiary/aromatic N) is 2. The molecule has 1 aliphatic carbocycles. The van der Waals surface area contributed by atoms with Crippen molar-refractivity contribution in [2.75, 3.05) is 6.26 Å². The van der Waals surface area contributed by atoms with E-state index in [1.165, 1.54) is 0 Å². The van der Waals surface area contributed by atoms with Crippen LogP contribution in [0, 0.1) is 6.92 Å². The number of rotatable bonds is 5. The predicted octanol–water partition coefficient (Wildman–Crippen LogP) is 6.06. The zero-order valence-electron chi connectivity index (χ0n) is 17.2. The normalized spacial score (nSPS) is 16.7. The highest BCUT2D eigenvalue weighted by molar-refractivity contribution is 9.18. The number of halogens is 1. The van der Waals surface area contributed by atoms with E-state index < -0.39 is 0 Å². The van der Waals surface area contributed by atoms with Crippen LogP contribution in [-0.2, 0) is 0 Å². The van der Waals surface area contributed by atoms with Gasteiger partial charge in [-0.15, -0.1) is 11.8 Å². The molecule has 4 nitrogen and oxygen atoms in total. The van der Waals surface area contributed by atoms with Crippen molar-refractivity contribution in [3.05, 3.63) is 64.2 Å². The molecule has 1 amide bonds. The monoisotopic (exact) mass is 461 g/mol. The van der Waals surface area contributed by atoms with Crippen molar-refractivity contribution in [1.29, 1.82) is 0 Å². The summed E-state index contributed by atoms with van der Waals surface area (Å²) in [5.74, 6) is 0.00864. The fourth-order valence-corrected chi connectivity index (χ4v) is 3.93. The van der Waals surface area contributed by atoms with E-state index in [0.29, 0.717) is 6.04 Å². The Morgan fingerprint density at radius 2 is 2.07 bits per heavy atom. The van der Waals surface area contributed by atoms with E-state index in [1.54, 1.807) is 11.8 Å². The lowest BCUT2D eigenvalue weighted by Crippen LogP contribution is -2.26. The van der Waals surface area contributed by atoms with Crippen LogP contribution in [0.15, 0.2) is 52.6 Å². The molecule has 28 heavy (non-hydrogen) atoms. The van der Waals surface area contributed by atoms with Crippen LogP contribution in [0.2, 0.25) is 0 Å². The molecule has 0 spiro atoms. The molecule has 1 aliphatic heterocycles. The van der Waals surface area contributed by atoms with E-state index in [0.717, 1.165) is 50.5 Å². The first kappa shape index (κ1) is 22.5. The van der Waals surface area contributed by atoms with Gasteiger partial charge in [0.25, 0.3) is 5.91 Å². The molecule has 0 atom stereocenters. The van der Waals surface area contributed by atoms with Gasteiger partial charge in [0.2, 0.25) is 0 Å². The molecule has 0 unspecified atom stereocenters. The van der Waals surface area contributed by atoms with Gasteiger partial charge in [-0.1, -0.05) is 32.6 Å². The van der Waals surface area contributed by atoms with E-state index in [2.05, 4.69) is 32.9 Å². The average Bonchev–Trinajstić information content (AvgIpc) is 3.50. The number of carbonyl (C=O) groups is 1. The van der Waals surface area contributed by atoms with Crippen LogP contribution in [0.3, 0.4) is 0 Å². The SMILES string of the molecule is C=C1C(SC)=CC(Br)=NN1/C(=C\C)c1ccc(C(=O)NC2CC2)c(C)c1.CC. The highest BCUT2D eigenvalue weighted by Gasteiger charge is 2.25. The van der Waals surface area contributed by atoms with Gasteiger partial charge in [-0.3, -0.25) is 4.79 Å². The second-order valence-corrected chi connectivity index (χ2v) is 8.01. The number of hydrazone groups is 1. The molecule has 3 rings (SSSR count). The lowest BCUT2D eigenvalue weighted by atomic mass is 10.0. The fourth-order valence-electron chi connectivity index (χ4n) is 2.84. The number of thioether (sulfide) groups is 1. The second-order valence-electron chi connectivity index (χ2n) is 6.35. The smallest absolute Gasteiger partial charge is 0.251 e. The van der Waals surface area contributed by atoms with Crippen molar-refractivity contribution in [3.8, 4) is 0 Å². The minimum atomic E-state index is 0.00864. The van der Waals surface area contributed by atoms with Crippen molar-refractivity contribution in [3.63, 3.8) is 0 Å². The van der Waals surface area contributed by atoms with Crippen LogP contribution in [0.5, 0.6) is 0 Å². The number of nitrogens with one attached hydrogen (secondary N) is 1. The van der Waals surface area contributed by atoms with Gasteiger partial charge in [-0.25, -0.2) is 5.01 Å². The lowest BCUT2D eigenvalue weighted by molar-refractivity contribution is 0.0950. The first-order chi connectivity index (χ1) is 13.4. The van der Waals surface area contributed by atoms with Gasteiger partial charge in [0, 0.05) is 22.1 Å². The average molecular weight is 462 g/mol. The fraction of sp³-hybridized carbons (Fsp3) is 0.364. The molecule has 1 aromatic rings. The van der Waals surface area contributed by atoms with Crippen LogP contribution in [0.1, 0.15) is 55.1 Å². The summed E-state index contributed by atoms with van der Waals surface area (Å²) in [6.07, 6.45) is 8.17. The Balaban J connectivity index is 0.00000136. The van der Waals surface area contributed by atoms with Crippen LogP contribution in [0.4, 0.5) is 0 Å². The van der Waals surface area contributed by atoms with E-state index in [4.69, 9.17) is 0 Å². The van der Waals surface area contributed by atoms with Crippen LogP contribution >= 0.6 is 27.7 Å². The third kappa shape index (κ3) is 5.17. The predicted molar refractivity (Wildman–Crippen MR) is 126 cm³/mol. The zero-order chi connectivity index (χ0) is 20.8. The maximum absolute atomic E-state index is 12.4. The molecule has 0 aromatic heterocycles. The molecule has 0 bridgehead atoms. The summed E-state index contributed by atoms with van der Waals surface area (Å²) in [4.78, 5) is 13.4. The van der Waals surface area contributed by atoms with Crippen LogP contribution in [0.25, 0.3) is 5.70 Å². The lowest BCUT2D eigenvalue weighted by Gasteiger charge is -2.28. The van der Waals surface area contributed by atoms with Crippen molar-refractivity contribution in [1.82, 2.24) is 10.3 Å². The first-order valence-electron chi connectivity index (χ1n) is 9.52. The highest BCUT2D eigenvalue weighted by Crippen LogP contribution is 2.35. The molecule has 2 aliphatic rings. The zero-order valence-corrected chi connectivity index (χ0v) is 19.6. The number of allylic oxidation sites excluding steroid dienone is 2. The Labute approximate surface area is 181 Å². The van der Waals surface area contributed by atoms with Crippen molar-refractivity contribution >= 4 is 43.9 Å². The summed E-state index contributed by atoms with van der Waals surface area (Å²) in [6, 6.07) is 6.25. The summed E-state index contributed by atoms with van der Waals surface area (Å²) in [7, 11) is 0. The van der Waals surface area contributed by atoms with Crippen LogP contribution in [-0.4, -0.2) is 27.8 Å². The van der Waals surface area contributed by atoms with E-state index in [9.17, 15) is 4.79 Å². The number of amides is 1. The molecular weight excluding hydrogens is 434 g/mol. The van der Waals surface area contributed by atoms with Gasteiger partial charge in [-0.05, 0) is 72.6 Å². The molecule has 150 valence electrons. The van der Waals surface area contributed by atoms with Gasteiger partial charge >= 0.3 is 0 Å².